The van der Waals surface area contributed by atoms with Crippen LogP contribution in [0.15, 0.2) is 24.3 Å². The highest BCUT2D eigenvalue weighted by Crippen LogP contribution is 2.64. The minimum atomic E-state index is -0.0739. The largest absolute Gasteiger partial charge is 0.367 e. The first-order chi connectivity index (χ1) is 11.8. The molecule has 2 aromatic rings. The van der Waals surface area contributed by atoms with Gasteiger partial charge in [0.15, 0.2) is 0 Å². The van der Waals surface area contributed by atoms with Gasteiger partial charge < -0.3 is 9.72 Å². The first kappa shape index (κ1) is 14.6. The summed E-state index contributed by atoms with van der Waals surface area (Å²) in [5, 5.41) is 1.51. The molecule has 0 radical (unpaired) electrons. The first-order valence-electron chi connectivity index (χ1n) is 9.81. The summed E-state index contributed by atoms with van der Waals surface area (Å²) < 4.78 is 6.85. The molecule has 1 N–H and O–H groups in total. The maximum atomic E-state index is 6.85. The minimum Gasteiger partial charge on any atom is -0.367 e. The van der Waals surface area contributed by atoms with Crippen molar-refractivity contribution in [2.75, 3.05) is 0 Å². The molecule has 4 aliphatic rings. The van der Waals surface area contributed by atoms with E-state index in [1.165, 1.54) is 39.7 Å². The van der Waals surface area contributed by atoms with Crippen molar-refractivity contribution in [2.24, 2.45) is 11.8 Å². The Hall–Kier alpha value is -1.54. The molecule has 2 nitrogen and oxygen atoms in total. The molecule has 130 valence electrons. The lowest BCUT2D eigenvalue weighted by molar-refractivity contribution is -0.146. The summed E-state index contributed by atoms with van der Waals surface area (Å²) in [4.78, 5) is 3.79. The van der Waals surface area contributed by atoms with E-state index in [-0.39, 0.29) is 17.1 Å². The molecule has 25 heavy (non-hydrogen) atoms. The Bertz CT molecular complexity index is 960. The van der Waals surface area contributed by atoms with E-state index < -0.39 is 0 Å². The van der Waals surface area contributed by atoms with Gasteiger partial charge in [0, 0.05) is 27.6 Å². The summed E-state index contributed by atoms with van der Waals surface area (Å²) in [5.41, 5.74) is 8.89. The minimum absolute atomic E-state index is 0.0739. The van der Waals surface area contributed by atoms with Crippen LogP contribution in [-0.4, -0.2) is 10.6 Å². The number of aromatic nitrogens is 1. The van der Waals surface area contributed by atoms with Gasteiger partial charge in [-0.1, -0.05) is 32.1 Å². The zero-order valence-corrected chi connectivity index (χ0v) is 15.7. The van der Waals surface area contributed by atoms with Crippen LogP contribution in [0, 0.1) is 11.8 Å². The number of hydrogen-bond donors (Lipinski definition) is 1. The number of ether oxygens (including phenoxy) is 1. The van der Waals surface area contributed by atoms with E-state index in [2.05, 4.69) is 51.4 Å². The average Bonchev–Trinajstić information content (AvgIpc) is 2.95. The van der Waals surface area contributed by atoms with E-state index in [0.717, 1.165) is 12.8 Å². The van der Waals surface area contributed by atoms with Gasteiger partial charge in [0.2, 0.25) is 0 Å². The first-order valence-corrected chi connectivity index (χ1v) is 9.81. The van der Waals surface area contributed by atoms with Crippen LogP contribution in [0.1, 0.15) is 74.9 Å². The molecule has 1 fully saturated rings. The molecule has 1 aromatic heterocycles. The summed E-state index contributed by atoms with van der Waals surface area (Å²) in [5.74, 6) is 1.86. The van der Waals surface area contributed by atoms with Gasteiger partial charge in [-0.2, -0.15) is 0 Å². The van der Waals surface area contributed by atoms with E-state index in [1.54, 1.807) is 5.56 Å². The van der Waals surface area contributed by atoms with Crippen LogP contribution < -0.4 is 0 Å². The van der Waals surface area contributed by atoms with Crippen LogP contribution in [0.25, 0.3) is 10.9 Å². The lowest BCUT2D eigenvalue weighted by atomic mass is 9.51. The van der Waals surface area contributed by atoms with E-state index in [9.17, 15) is 0 Å². The highest BCUT2D eigenvalue weighted by Gasteiger charge is 2.57. The number of rotatable bonds is 0. The molecule has 0 bridgehead atoms. The maximum Gasteiger partial charge on any atom is 0.0864 e. The van der Waals surface area contributed by atoms with Crippen molar-refractivity contribution in [1.82, 2.24) is 4.98 Å². The molecule has 1 saturated carbocycles. The molecular weight excluding hydrogens is 306 g/mol. The molecule has 2 heterocycles. The molecule has 0 unspecified atom stereocenters. The monoisotopic (exact) mass is 333 g/mol. The lowest BCUT2D eigenvalue weighted by Gasteiger charge is -2.57. The molecule has 1 aliphatic heterocycles. The van der Waals surface area contributed by atoms with Crippen LogP contribution in [0.5, 0.6) is 0 Å². The molecule has 0 spiro atoms. The Morgan fingerprint density at radius 2 is 1.96 bits per heavy atom. The van der Waals surface area contributed by atoms with Crippen molar-refractivity contribution in [3.8, 4) is 0 Å². The fraction of sp³-hybridized carbons (Fsp3) is 0.565. The Morgan fingerprint density at radius 1 is 1.16 bits per heavy atom. The summed E-state index contributed by atoms with van der Waals surface area (Å²) >= 11 is 0. The molecular formula is C23H27NO. The van der Waals surface area contributed by atoms with Gasteiger partial charge in [0.1, 0.15) is 0 Å². The van der Waals surface area contributed by atoms with E-state index >= 15 is 0 Å². The number of nitrogens with one attached hydrogen (secondary N) is 1. The Morgan fingerprint density at radius 3 is 2.76 bits per heavy atom. The predicted molar refractivity (Wildman–Crippen MR) is 101 cm³/mol. The third-order valence-corrected chi connectivity index (χ3v) is 7.82. The standard InChI is InChI=1S/C23H27NO/c1-11-8-12-6-7-15-19-17(12)18-13(11)9-14(18)23(4,5)25-16-10-22(2,3)21(24-15)20(16)19/h6-7,13-14,16,18,24H,1,8-10H2,2-5H3/t13-,14+,16+,18+/m1/s1. The smallest absolute Gasteiger partial charge is 0.0864 e. The zero-order valence-electron chi connectivity index (χ0n) is 15.7. The van der Waals surface area contributed by atoms with E-state index in [1.807, 2.05) is 0 Å². The summed E-state index contributed by atoms with van der Waals surface area (Å²) in [6.45, 7) is 13.8. The maximum absolute atomic E-state index is 6.85. The third-order valence-electron chi connectivity index (χ3n) is 7.82. The lowest BCUT2D eigenvalue weighted by Crippen LogP contribution is -2.52. The quantitative estimate of drug-likeness (QED) is 0.630. The van der Waals surface area contributed by atoms with Gasteiger partial charge in [0.05, 0.1) is 11.7 Å². The second kappa shape index (κ2) is 4.06. The highest BCUT2D eigenvalue weighted by atomic mass is 16.5. The summed E-state index contributed by atoms with van der Waals surface area (Å²) in [6, 6.07) is 4.66. The zero-order chi connectivity index (χ0) is 17.3. The number of aromatic amines is 1. The van der Waals surface area contributed by atoms with E-state index in [4.69, 9.17) is 4.74 Å². The van der Waals surface area contributed by atoms with Crippen LogP contribution in [0.2, 0.25) is 0 Å². The van der Waals surface area contributed by atoms with Gasteiger partial charge >= 0.3 is 0 Å². The third kappa shape index (κ3) is 1.57. The second-order valence-electron chi connectivity index (χ2n) is 10.1. The van der Waals surface area contributed by atoms with Crippen molar-refractivity contribution in [1.29, 1.82) is 0 Å². The molecule has 4 atom stereocenters. The molecule has 6 rings (SSSR count). The molecule has 2 heteroatoms. The van der Waals surface area contributed by atoms with Crippen molar-refractivity contribution >= 4 is 10.9 Å². The number of H-pyrrole nitrogens is 1. The average molecular weight is 333 g/mol. The van der Waals surface area contributed by atoms with Gasteiger partial charge in [0.25, 0.3) is 0 Å². The van der Waals surface area contributed by atoms with Crippen LogP contribution in [0.4, 0.5) is 0 Å². The number of allylic oxidation sites excluding steroid dienone is 1. The van der Waals surface area contributed by atoms with Crippen molar-refractivity contribution in [3.05, 3.63) is 46.7 Å². The van der Waals surface area contributed by atoms with Crippen molar-refractivity contribution < 1.29 is 4.74 Å². The van der Waals surface area contributed by atoms with Crippen molar-refractivity contribution in [3.63, 3.8) is 0 Å². The summed E-state index contributed by atoms with van der Waals surface area (Å²) in [6.07, 6.45) is 3.62. The van der Waals surface area contributed by atoms with Gasteiger partial charge in [-0.3, -0.25) is 0 Å². The fourth-order valence-electron chi connectivity index (χ4n) is 6.56. The molecule has 3 aliphatic carbocycles. The number of hydrogen-bond acceptors (Lipinski definition) is 1. The van der Waals surface area contributed by atoms with Crippen molar-refractivity contribution in [2.45, 2.75) is 70.0 Å². The Kier molecular flexibility index (Phi) is 2.37. The van der Waals surface area contributed by atoms with Gasteiger partial charge in [-0.05, 0) is 68.1 Å². The molecule has 0 amide bonds. The fourth-order valence-corrected chi connectivity index (χ4v) is 6.56. The normalized spacial score (nSPS) is 36.1. The Balaban J connectivity index is 1.75. The SMILES string of the molecule is C=C1Cc2ccc3[nH]c4c5c3c2[C@H]2[C@@H]1C[C@@H]2C(C)(C)O[C@H]5CC4(C)C. The second-order valence-corrected chi connectivity index (χ2v) is 10.1. The molecule has 0 saturated heterocycles. The van der Waals surface area contributed by atoms with Crippen LogP contribution >= 0.6 is 0 Å². The van der Waals surface area contributed by atoms with Crippen LogP contribution in [-0.2, 0) is 16.6 Å². The molecule has 1 aromatic carbocycles. The topological polar surface area (TPSA) is 25.0 Å². The highest BCUT2D eigenvalue weighted by molar-refractivity contribution is 5.92. The van der Waals surface area contributed by atoms with Gasteiger partial charge in [-0.15, -0.1) is 0 Å². The van der Waals surface area contributed by atoms with Crippen LogP contribution in [0.3, 0.4) is 0 Å². The Labute approximate surface area is 149 Å². The number of benzene rings is 1. The summed E-state index contributed by atoms with van der Waals surface area (Å²) in [7, 11) is 0. The van der Waals surface area contributed by atoms with E-state index in [0.29, 0.717) is 17.8 Å². The van der Waals surface area contributed by atoms with Gasteiger partial charge in [-0.25, -0.2) is 0 Å². The predicted octanol–water partition coefficient (Wildman–Crippen LogP) is 5.53.